The monoisotopic (exact) mass is 419 g/mol. The molecule has 0 saturated heterocycles. The van der Waals surface area contributed by atoms with E-state index in [1.54, 1.807) is 30.3 Å². The van der Waals surface area contributed by atoms with Crippen LogP contribution in [0, 0.1) is 6.92 Å². The van der Waals surface area contributed by atoms with Gasteiger partial charge in [-0.25, -0.2) is 4.79 Å². The highest BCUT2D eigenvalue weighted by Gasteiger charge is 2.12. The smallest absolute Gasteiger partial charge is 0.331 e. The van der Waals surface area contributed by atoms with Gasteiger partial charge in [-0.15, -0.1) is 0 Å². The number of ether oxygens (including phenoxy) is 4. The highest BCUT2D eigenvalue weighted by atomic mass is 35.5. The number of carbonyl (C=O) groups is 2. The largest absolute Gasteiger partial charge is 0.493 e. The van der Waals surface area contributed by atoms with Gasteiger partial charge in [0.2, 0.25) is 5.75 Å². The van der Waals surface area contributed by atoms with E-state index in [2.05, 4.69) is 5.32 Å². The molecule has 2 rings (SSSR count). The van der Waals surface area contributed by atoms with Crippen molar-refractivity contribution in [3.05, 3.63) is 52.6 Å². The summed E-state index contributed by atoms with van der Waals surface area (Å²) in [6.07, 6.45) is 2.72. The molecule has 1 N–H and O–H groups in total. The Bertz CT molecular complexity index is 900. The van der Waals surface area contributed by atoms with Crippen LogP contribution in [0.5, 0.6) is 17.2 Å². The maximum absolute atomic E-state index is 11.9. The standard InChI is InChI=1S/C21H22ClNO6/c1-13-5-7-15(11-16(13)22)23-19(24)12-29-20(25)8-6-14-9-17(26-2)21(28-4)18(10-14)27-3/h5-11H,12H2,1-4H3,(H,23,24)/b8-6+. The molecule has 0 saturated carbocycles. The van der Waals surface area contributed by atoms with Crippen molar-refractivity contribution in [2.75, 3.05) is 33.3 Å². The van der Waals surface area contributed by atoms with Crippen LogP contribution in [0.1, 0.15) is 11.1 Å². The summed E-state index contributed by atoms with van der Waals surface area (Å²) in [4.78, 5) is 23.8. The molecule has 0 spiro atoms. The van der Waals surface area contributed by atoms with Crippen LogP contribution in [-0.2, 0) is 14.3 Å². The number of hydrogen-bond donors (Lipinski definition) is 1. The average Bonchev–Trinajstić information content (AvgIpc) is 2.72. The molecule has 7 nitrogen and oxygen atoms in total. The molecule has 154 valence electrons. The highest BCUT2D eigenvalue weighted by molar-refractivity contribution is 6.31. The number of rotatable bonds is 8. The van der Waals surface area contributed by atoms with E-state index in [0.29, 0.717) is 33.5 Å². The quantitative estimate of drug-likeness (QED) is 0.516. The summed E-state index contributed by atoms with van der Waals surface area (Å²) < 4.78 is 20.7. The highest BCUT2D eigenvalue weighted by Crippen LogP contribution is 2.38. The lowest BCUT2D eigenvalue weighted by molar-refractivity contribution is -0.142. The lowest BCUT2D eigenvalue weighted by Gasteiger charge is -2.12. The van der Waals surface area contributed by atoms with Crippen LogP contribution in [0.3, 0.4) is 0 Å². The van der Waals surface area contributed by atoms with Crippen molar-refractivity contribution in [2.24, 2.45) is 0 Å². The topological polar surface area (TPSA) is 83.1 Å². The molecule has 0 radical (unpaired) electrons. The Morgan fingerprint density at radius 3 is 2.24 bits per heavy atom. The fourth-order valence-electron chi connectivity index (χ4n) is 2.41. The first-order chi connectivity index (χ1) is 13.9. The Morgan fingerprint density at radius 2 is 1.69 bits per heavy atom. The summed E-state index contributed by atoms with van der Waals surface area (Å²) in [5.41, 5.74) is 2.05. The summed E-state index contributed by atoms with van der Waals surface area (Å²) in [6.45, 7) is 1.43. The van der Waals surface area contributed by atoms with E-state index < -0.39 is 18.5 Å². The third-order valence-electron chi connectivity index (χ3n) is 3.90. The van der Waals surface area contributed by atoms with Crippen LogP contribution in [0.25, 0.3) is 6.08 Å². The number of nitrogens with one attached hydrogen (secondary N) is 1. The second-order valence-electron chi connectivity index (χ2n) is 5.91. The van der Waals surface area contributed by atoms with E-state index in [1.807, 2.05) is 6.92 Å². The Morgan fingerprint density at radius 1 is 1.03 bits per heavy atom. The van der Waals surface area contributed by atoms with Crippen molar-refractivity contribution in [1.82, 2.24) is 0 Å². The van der Waals surface area contributed by atoms with Gasteiger partial charge in [-0.2, -0.15) is 0 Å². The van der Waals surface area contributed by atoms with Gasteiger partial charge in [0, 0.05) is 16.8 Å². The van der Waals surface area contributed by atoms with E-state index in [1.165, 1.54) is 33.5 Å². The first kappa shape index (κ1) is 22.1. The molecule has 0 aromatic heterocycles. The van der Waals surface area contributed by atoms with E-state index in [-0.39, 0.29) is 0 Å². The van der Waals surface area contributed by atoms with Gasteiger partial charge in [0.15, 0.2) is 18.1 Å². The predicted molar refractivity (Wildman–Crippen MR) is 111 cm³/mol. The molecule has 2 aromatic rings. The summed E-state index contributed by atoms with van der Waals surface area (Å²) in [6, 6.07) is 8.48. The molecule has 0 aliphatic carbocycles. The van der Waals surface area contributed by atoms with Crippen LogP contribution in [-0.4, -0.2) is 39.8 Å². The van der Waals surface area contributed by atoms with Crippen LogP contribution in [0.4, 0.5) is 5.69 Å². The number of aryl methyl sites for hydroxylation is 1. The lowest BCUT2D eigenvalue weighted by atomic mass is 10.1. The van der Waals surface area contributed by atoms with Gasteiger partial charge in [-0.05, 0) is 48.4 Å². The van der Waals surface area contributed by atoms with Gasteiger partial charge in [-0.1, -0.05) is 17.7 Å². The summed E-state index contributed by atoms with van der Waals surface area (Å²) >= 11 is 6.01. The van der Waals surface area contributed by atoms with Crippen molar-refractivity contribution in [3.8, 4) is 17.2 Å². The molecule has 0 heterocycles. The predicted octanol–water partition coefficient (Wildman–Crippen LogP) is 3.87. The Balaban J connectivity index is 1.95. The second-order valence-corrected chi connectivity index (χ2v) is 6.32. The van der Waals surface area contributed by atoms with Gasteiger partial charge < -0.3 is 24.3 Å². The van der Waals surface area contributed by atoms with Crippen LogP contribution < -0.4 is 19.5 Å². The Hall–Kier alpha value is -3.19. The number of halogens is 1. The first-order valence-electron chi connectivity index (χ1n) is 8.58. The number of benzene rings is 2. The average molecular weight is 420 g/mol. The molecule has 0 aliphatic heterocycles. The number of methoxy groups -OCH3 is 3. The SMILES string of the molecule is COc1cc(/C=C/C(=O)OCC(=O)Nc2ccc(C)c(Cl)c2)cc(OC)c1OC. The fourth-order valence-corrected chi connectivity index (χ4v) is 2.59. The fraction of sp³-hybridized carbons (Fsp3) is 0.238. The molecular weight excluding hydrogens is 398 g/mol. The molecule has 1 amide bonds. The zero-order valence-corrected chi connectivity index (χ0v) is 17.3. The van der Waals surface area contributed by atoms with Crippen LogP contribution in [0.15, 0.2) is 36.4 Å². The first-order valence-corrected chi connectivity index (χ1v) is 8.96. The lowest BCUT2D eigenvalue weighted by Crippen LogP contribution is -2.20. The van der Waals surface area contributed by atoms with E-state index in [0.717, 1.165) is 5.56 Å². The minimum absolute atomic E-state index is 0.427. The van der Waals surface area contributed by atoms with Crippen molar-refractivity contribution in [1.29, 1.82) is 0 Å². The molecule has 2 aromatic carbocycles. The van der Waals surface area contributed by atoms with E-state index >= 15 is 0 Å². The number of amides is 1. The van der Waals surface area contributed by atoms with Crippen molar-refractivity contribution in [2.45, 2.75) is 6.92 Å². The van der Waals surface area contributed by atoms with E-state index in [4.69, 9.17) is 30.5 Å². The normalized spacial score (nSPS) is 10.5. The minimum Gasteiger partial charge on any atom is -0.493 e. The molecule has 0 aliphatic rings. The molecule has 0 fully saturated rings. The number of anilines is 1. The van der Waals surface area contributed by atoms with Gasteiger partial charge in [-0.3, -0.25) is 4.79 Å². The van der Waals surface area contributed by atoms with Crippen molar-refractivity contribution < 1.29 is 28.5 Å². The van der Waals surface area contributed by atoms with Gasteiger partial charge in [0.05, 0.1) is 21.3 Å². The number of esters is 1. The minimum atomic E-state index is -0.671. The summed E-state index contributed by atoms with van der Waals surface area (Å²) in [7, 11) is 4.50. The van der Waals surface area contributed by atoms with Gasteiger partial charge >= 0.3 is 5.97 Å². The number of carbonyl (C=O) groups excluding carboxylic acids is 2. The molecule has 8 heteroatoms. The van der Waals surface area contributed by atoms with Crippen LogP contribution in [0.2, 0.25) is 5.02 Å². The zero-order valence-electron chi connectivity index (χ0n) is 16.6. The Labute approximate surface area is 174 Å². The molecule has 0 unspecified atom stereocenters. The zero-order chi connectivity index (χ0) is 21.4. The maximum atomic E-state index is 11.9. The maximum Gasteiger partial charge on any atom is 0.331 e. The summed E-state index contributed by atoms with van der Waals surface area (Å²) in [5.74, 6) is 0.213. The van der Waals surface area contributed by atoms with Crippen molar-refractivity contribution in [3.63, 3.8) is 0 Å². The number of hydrogen-bond acceptors (Lipinski definition) is 6. The Kier molecular flexibility index (Phi) is 7.91. The molecular formula is C21H22ClNO6. The van der Waals surface area contributed by atoms with E-state index in [9.17, 15) is 9.59 Å². The third kappa shape index (κ3) is 6.15. The van der Waals surface area contributed by atoms with Crippen molar-refractivity contribution >= 4 is 35.2 Å². The molecule has 0 bridgehead atoms. The van der Waals surface area contributed by atoms with Crippen LogP contribution >= 0.6 is 11.6 Å². The van der Waals surface area contributed by atoms with Gasteiger partial charge in [0.25, 0.3) is 5.91 Å². The summed E-state index contributed by atoms with van der Waals surface area (Å²) in [5, 5.41) is 3.15. The molecule has 0 atom stereocenters. The molecule has 29 heavy (non-hydrogen) atoms. The third-order valence-corrected chi connectivity index (χ3v) is 4.31. The second kappa shape index (κ2) is 10.4. The van der Waals surface area contributed by atoms with Gasteiger partial charge in [0.1, 0.15) is 0 Å².